The van der Waals surface area contributed by atoms with E-state index in [2.05, 4.69) is 0 Å². The molecule has 0 saturated heterocycles. The monoisotopic (exact) mass is 238 g/mol. The number of rotatable bonds is 4. The quantitative estimate of drug-likeness (QED) is 0.869. The Hall–Kier alpha value is -1.38. The van der Waals surface area contributed by atoms with E-state index < -0.39 is 17.1 Å². The highest BCUT2D eigenvalue weighted by atomic mass is 19.1. The van der Waals surface area contributed by atoms with Gasteiger partial charge in [0.2, 0.25) is 0 Å². The first-order valence-electron chi connectivity index (χ1n) is 5.65. The van der Waals surface area contributed by atoms with Gasteiger partial charge in [0.25, 0.3) is 0 Å². The third-order valence-corrected chi connectivity index (χ3v) is 2.89. The molecule has 0 aliphatic carbocycles. The summed E-state index contributed by atoms with van der Waals surface area (Å²) in [5.74, 6) is -0.874. The van der Waals surface area contributed by atoms with Crippen molar-refractivity contribution in [3.8, 4) is 0 Å². The first-order chi connectivity index (χ1) is 7.64. The van der Waals surface area contributed by atoms with Crippen LogP contribution in [0.2, 0.25) is 0 Å². The smallest absolute Gasteiger partial charge is 0.304 e. The molecule has 0 spiro atoms. The zero-order chi connectivity index (χ0) is 13.3. The molecule has 0 aliphatic rings. The molecule has 0 amide bonds. The molecule has 3 heteroatoms. The average molecular weight is 238 g/mol. The minimum Gasteiger partial charge on any atom is -0.481 e. The Morgan fingerprint density at radius 1 is 1.18 bits per heavy atom. The molecule has 0 aliphatic heterocycles. The summed E-state index contributed by atoms with van der Waals surface area (Å²) in [7, 11) is 0. The zero-order valence-corrected chi connectivity index (χ0v) is 10.7. The summed E-state index contributed by atoms with van der Waals surface area (Å²) in [6.07, 6.45) is -0.0138. The summed E-state index contributed by atoms with van der Waals surface area (Å²) in [6.45, 7) is 6.63. The number of hydrogen-bond donors (Lipinski definition) is 1. The molecule has 1 aromatic carbocycles. The lowest BCUT2D eigenvalue weighted by Gasteiger charge is -2.29. The summed E-state index contributed by atoms with van der Waals surface area (Å²) in [5.41, 5.74) is -0.723. The van der Waals surface area contributed by atoms with Crippen LogP contribution in [0.1, 0.15) is 45.2 Å². The summed E-state index contributed by atoms with van der Waals surface area (Å²) in [4.78, 5) is 10.9. The van der Waals surface area contributed by atoms with Gasteiger partial charge in [0.1, 0.15) is 5.67 Å². The number of carboxylic acid groups (broad SMARTS) is 1. The molecule has 94 valence electrons. The fourth-order valence-corrected chi connectivity index (χ4v) is 2.06. The van der Waals surface area contributed by atoms with Crippen LogP contribution in [0.15, 0.2) is 24.3 Å². The van der Waals surface area contributed by atoms with Gasteiger partial charge in [-0.3, -0.25) is 4.79 Å². The van der Waals surface area contributed by atoms with Crippen molar-refractivity contribution in [2.24, 2.45) is 0 Å². The molecular formula is C14H19FO2. The van der Waals surface area contributed by atoms with E-state index in [9.17, 15) is 9.18 Å². The van der Waals surface area contributed by atoms with Gasteiger partial charge in [-0.15, -0.1) is 0 Å². The molecule has 0 atom stereocenters. The maximum Gasteiger partial charge on any atom is 0.304 e. The first kappa shape index (κ1) is 13.7. The van der Waals surface area contributed by atoms with Crippen LogP contribution < -0.4 is 0 Å². The van der Waals surface area contributed by atoms with E-state index in [1.165, 1.54) is 13.8 Å². The van der Waals surface area contributed by atoms with Gasteiger partial charge < -0.3 is 5.11 Å². The van der Waals surface area contributed by atoms with Crippen LogP contribution >= 0.6 is 0 Å². The van der Waals surface area contributed by atoms with Gasteiger partial charge >= 0.3 is 5.97 Å². The van der Waals surface area contributed by atoms with Crippen molar-refractivity contribution < 1.29 is 14.3 Å². The van der Waals surface area contributed by atoms with Crippen LogP contribution in [0.3, 0.4) is 0 Å². The molecule has 0 heterocycles. The number of alkyl halides is 1. The highest BCUT2D eigenvalue weighted by Gasteiger charge is 2.31. The molecule has 17 heavy (non-hydrogen) atoms. The van der Waals surface area contributed by atoms with Gasteiger partial charge in [0, 0.05) is 5.41 Å². The Labute approximate surface area is 101 Å². The minimum absolute atomic E-state index is 0.0138. The number of carboxylic acids is 1. The van der Waals surface area contributed by atoms with Crippen molar-refractivity contribution in [2.45, 2.75) is 45.2 Å². The van der Waals surface area contributed by atoms with Gasteiger partial charge in [-0.1, -0.05) is 38.1 Å². The van der Waals surface area contributed by atoms with Crippen molar-refractivity contribution in [1.29, 1.82) is 0 Å². The van der Waals surface area contributed by atoms with Crippen molar-refractivity contribution in [1.82, 2.24) is 0 Å². The van der Waals surface area contributed by atoms with Gasteiger partial charge in [-0.2, -0.15) is 0 Å². The Balaban J connectivity index is 3.26. The largest absolute Gasteiger partial charge is 0.481 e. The molecule has 2 nitrogen and oxygen atoms in total. The Morgan fingerprint density at radius 3 is 2.06 bits per heavy atom. The highest BCUT2D eigenvalue weighted by molar-refractivity contribution is 5.69. The van der Waals surface area contributed by atoms with Crippen LogP contribution in [0.4, 0.5) is 4.39 Å². The standard InChI is InChI=1S/C14H19FO2/c1-13(2,9-12(16)17)10-7-5-6-8-11(10)14(3,4)15/h5-8H,9H2,1-4H3,(H,16,17). The molecule has 1 N–H and O–H groups in total. The molecular weight excluding hydrogens is 219 g/mol. The van der Waals surface area contributed by atoms with Crippen LogP contribution in [-0.2, 0) is 15.9 Å². The molecule has 0 saturated carbocycles. The molecule has 1 rings (SSSR count). The van der Waals surface area contributed by atoms with Crippen LogP contribution in [0, 0.1) is 0 Å². The van der Waals surface area contributed by atoms with Crippen LogP contribution in [0.5, 0.6) is 0 Å². The van der Waals surface area contributed by atoms with E-state index in [0.717, 1.165) is 5.56 Å². The first-order valence-corrected chi connectivity index (χ1v) is 5.65. The number of carbonyl (C=O) groups is 1. The number of halogens is 1. The SMILES string of the molecule is CC(C)(F)c1ccccc1C(C)(C)CC(=O)O. The number of hydrogen-bond acceptors (Lipinski definition) is 1. The van der Waals surface area contributed by atoms with Crippen LogP contribution in [0.25, 0.3) is 0 Å². The summed E-state index contributed by atoms with van der Waals surface area (Å²) in [6, 6.07) is 7.11. The van der Waals surface area contributed by atoms with E-state index >= 15 is 0 Å². The zero-order valence-electron chi connectivity index (χ0n) is 10.7. The van der Waals surface area contributed by atoms with Crippen molar-refractivity contribution in [3.63, 3.8) is 0 Å². The number of aliphatic carboxylic acids is 1. The summed E-state index contributed by atoms with van der Waals surface area (Å²) in [5, 5.41) is 8.91. The van der Waals surface area contributed by atoms with E-state index in [1.54, 1.807) is 18.2 Å². The molecule has 1 aromatic rings. The van der Waals surface area contributed by atoms with Crippen molar-refractivity contribution >= 4 is 5.97 Å². The Kier molecular flexibility index (Phi) is 3.60. The molecule has 0 unspecified atom stereocenters. The van der Waals surface area contributed by atoms with E-state index in [0.29, 0.717) is 5.56 Å². The maximum atomic E-state index is 14.1. The normalized spacial score (nSPS) is 12.5. The summed E-state index contributed by atoms with van der Waals surface area (Å²) >= 11 is 0. The molecule has 0 aromatic heterocycles. The van der Waals surface area contributed by atoms with Crippen LogP contribution in [-0.4, -0.2) is 11.1 Å². The highest BCUT2D eigenvalue weighted by Crippen LogP contribution is 2.36. The predicted molar refractivity (Wildman–Crippen MR) is 65.9 cm³/mol. The molecule has 0 bridgehead atoms. The van der Waals surface area contributed by atoms with Crippen molar-refractivity contribution in [3.05, 3.63) is 35.4 Å². The fraction of sp³-hybridized carbons (Fsp3) is 0.500. The lowest BCUT2D eigenvalue weighted by Crippen LogP contribution is -2.26. The molecule has 0 fully saturated rings. The van der Waals surface area contributed by atoms with Gasteiger partial charge in [-0.25, -0.2) is 4.39 Å². The second kappa shape index (κ2) is 4.47. The van der Waals surface area contributed by atoms with E-state index in [-0.39, 0.29) is 6.42 Å². The topological polar surface area (TPSA) is 37.3 Å². The minimum atomic E-state index is -1.47. The lowest BCUT2D eigenvalue weighted by molar-refractivity contribution is -0.138. The number of benzene rings is 1. The second-order valence-electron chi connectivity index (χ2n) is 5.47. The van der Waals surface area contributed by atoms with Gasteiger partial charge in [0.15, 0.2) is 0 Å². The fourth-order valence-electron chi connectivity index (χ4n) is 2.06. The maximum absolute atomic E-state index is 14.1. The average Bonchev–Trinajstić information content (AvgIpc) is 2.14. The Morgan fingerprint density at radius 2 is 1.65 bits per heavy atom. The predicted octanol–water partition coefficient (Wildman–Crippen LogP) is 3.64. The Bertz CT molecular complexity index is 416. The summed E-state index contributed by atoms with van der Waals surface area (Å²) < 4.78 is 14.1. The van der Waals surface area contributed by atoms with E-state index in [4.69, 9.17) is 5.11 Å². The van der Waals surface area contributed by atoms with Gasteiger partial charge in [-0.05, 0) is 25.0 Å². The lowest BCUT2D eigenvalue weighted by atomic mass is 9.76. The molecule has 0 radical (unpaired) electrons. The second-order valence-corrected chi connectivity index (χ2v) is 5.47. The third kappa shape index (κ3) is 3.29. The van der Waals surface area contributed by atoms with Crippen molar-refractivity contribution in [2.75, 3.05) is 0 Å². The van der Waals surface area contributed by atoms with Gasteiger partial charge in [0.05, 0.1) is 6.42 Å². The third-order valence-electron chi connectivity index (χ3n) is 2.89. The van der Waals surface area contributed by atoms with E-state index in [1.807, 2.05) is 19.9 Å².